The fourth-order valence-electron chi connectivity index (χ4n) is 2.95. The maximum absolute atomic E-state index is 6.01. The van der Waals surface area contributed by atoms with Crippen molar-refractivity contribution in [3.63, 3.8) is 0 Å². The van der Waals surface area contributed by atoms with Crippen LogP contribution in [0.3, 0.4) is 0 Å². The average molecular weight is 273 g/mol. The third-order valence-corrected chi connectivity index (χ3v) is 4.70. The van der Waals surface area contributed by atoms with E-state index in [9.17, 15) is 0 Å². The zero-order valence-electron chi connectivity index (χ0n) is 12.7. The number of likely N-dealkylation sites (N-methyl/N-ethyl adjacent to an activating group) is 1. The normalized spacial score (nSPS) is 17.1. The number of nitrogens with two attached hydrogens (primary N) is 1. The Morgan fingerprint density at radius 3 is 2.75 bits per heavy atom. The third kappa shape index (κ3) is 2.06. The van der Waals surface area contributed by atoms with Gasteiger partial charge in [-0.2, -0.15) is 0 Å². The van der Waals surface area contributed by atoms with Crippen LogP contribution >= 0.6 is 0 Å². The molecule has 0 aliphatic heterocycles. The molecular weight excluding hydrogens is 250 g/mol. The molecule has 0 saturated heterocycles. The molecular formula is C15H23N5. The Morgan fingerprint density at radius 1 is 1.40 bits per heavy atom. The van der Waals surface area contributed by atoms with Gasteiger partial charge in [0.1, 0.15) is 17.8 Å². The van der Waals surface area contributed by atoms with Gasteiger partial charge in [-0.3, -0.25) is 4.90 Å². The summed E-state index contributed by atoms with van der Waals surface area (Å²) in [4.78, 5) is 11.0. The smallest absolute Gasteiger partial charge is 0.145 e. The molecule has 1 saturated carbocycles. The fraction of sp³-hybridized carbons (Fsp3) is 0.600. The Balaban J connectivity index is 1.98. The minimum atomic E-state index is 0.493. The van der Waals surface area contributed by atoms with Crippen LogP contribution in [0.2, 0.25) is 0 Å². The molecule has 1 atom stereocenters. The predicted molar refractivity (Wildman–Crippen MR) is 81.7 cm³/mol. The Labute approximate surface area is 119 Å². The van der Waals surface area contributed by atoms with Crippen LogP contribution in [0.4, 0.5) is 5.82 Å². The second-order valence-electron chi connectivity index (χ2n) is 6.02. The lowest BCUT2D eigenvalue weighted by atomic mass is 10.2. The SMILES string of the molecule is Cc1c(C)n(CC(C)N(C)C2CC2)c2ncnc(N)c12. The molecule has 2 aromatic rings. The van der Waals surface area contributed by atoms with E-state index in [-0.39, 0.29) is 0 Å². The van der Waals surface area contributed by atoms with Crippen molar-refractivity contribution in [2.45, 2.75) is 52.2 Å². The molecule has 1 aliphatic carbocycles. The molecule has 2 aromatic heterocycles. The Bertz CT molecular complexity index is 641. The molecule has 0 spiro atoms. The summed E-state index contributed by atoms with van der Waals surface area (Å²) in [7, 11) is 2.22. The van der Waals surface area contributed by atoms with Gasteiger partial charge >= 0.3 is 0 Å². The Kier molecular flexibility index (Phi) is 3.17. The lowest BCUT2D eigenvalue weighted by Gasteiger charge is -2.25. The minimum Gasteiger partial charge on any atom is -0.383 e. The van der Waals surface area contributed by atoms with Gasteiger partial charge in [-0.05, 0) is 46.2 Å². The molecule has 1 fully saturated rings. The second kappa shape index (κ2) is 4.74. The standard InChI is InChI=1S/C15H23N5/c1-9(19(4)12-5-6-12)7-20-11(3)10(2)13-14(16)17-8-18-15(13)20/h8-9,12H,5-7H2,1-4H3,(H2,16,17,18). The van der Waals surface area contributed by atoms with Crippen molar-refractivity contribution in [3.8, 4) is 0 Å². The van der Waals surface area contributed by atoms with Crippen molar-refractivity contribution in [1.82, 2.24) is 19.4 Å². The van der Waals surface area contributed by atoms with Gasteiger partial charge in [-0.25, -0.2) is 9.97 Å². The summed E-state index contributed by atoms with van der Waals surface area (Å²) >= 11 is 0. The van der Waals surface area contributed by atoms with E-state index >= 15 is 0 Å². The first-order chi connectivity index (χ1) is 9.50. The topological polar surface area (TPSA) is 60.0 Å². The van der Waals surface area contributed by atoms with E-state index in [4.69, 9.17) is 5.73 Å². The summed E-state index contributed by atoms with van der Waals surface area (Å²) in [5.74, 6) is 0.581. The third-order valence-electron chi connectivity index (χ3n) is 4.70. The summed E-state index contributed by atoms with van der Waals surface area (Å²) in [5, 5.41) is 1.01. The van der Waals surface area contributed by atoms with Gasteiger partial charge in [0.25, 0.3) is 0 Å². The van der Waals surface area contributed by atoms with Crippen molar-refractivity contribution < 1.29 is 0 Å². The summed E-state index contributed by atoms with van der Waals surface area (Å²) in [5.41, 5.74) is 9.41. The van der Waals surface area contributed by atoms with Crippen molar-refractivity contribution in [3.05, 3.63) is 17.6 Å². The summed E-state index contributed by atoms with van der Waals surface area (Å²) in [6.45, 7) is 7.46. The maximum atomic E-state index is 6.01. The highest BCUT2D eigenvalue weighted by molar-refractivity contribution is 5.90. The Hall–Kier alpha value is -1.62. The first-order valence-electron chi connectivity index (χ1n) is 7.28. The quantitative estimate of drug-likeness (QED) is 0.927. The van der Waals surface area contributed by atoms with Crippen LogP contribution in [0, 0.1) is 13.8 Å². The maximum Gasteiger partial charge on any atom is 0.145 e. The molecule has 1 aliphatic rings. The summed E-state index contributed by atoms with van der Waals surface area (Å²) in [6.07, 6.45) is 4.23. The number of fused-ring (bicyclic) bond motifs is 1. The van der Waals surface area contributed by atoms with Crippen LogP contribution in [-0.2, 0) is 6.54 Å². The van der Waals surface area contributed by atoms with Gasteiger partial charge in [0, 0.05) is 24.3 Å². The van der Waals surface area contributed by atoms with Gasteiger partial charge < -0.3 is 10.3 Å². The average Bonchev–Trinajstić information content (AvgIpc) is 3.23. The van der Waals surface area contributed by atoms with Crippen LogP contribution < -0.4 is 5.73 Å². The molecule has 108 valence electrons. The highest BCUT2D eigenvalue weighted by atomic mass is 15.2. The lowest BCUT2D eigenvalue weighted by molar-refractivity contribution is 0.226. The number of rotatable bonds is 4. The van der Waals surface area contributed by atoms with Crippen molar-refractivity contribution in [1.29, 1.82) is 0 Å². The highest BCUT2D eigenvalue weighted by Crippen LogP contribution is 2.30. The van der Waals surface area contributed by atoms with Crippen LogP contribution in [0.15, 0.2) is 6.33 Å². The summed E-state index contributed by atoms with van der Waals surface area (Å²) < 4.78 is 2.28. The molecule has 3 rings (SSSR count). The fourth-order valence-corrected chi connectivity index (χ4v) is 2.95. The van der Waals surface area contributed by atoms with Crippen LogP contribution in [0.1, 0.15) is 31.0 Å². The lowest BCUT2D eigenvalue weighted by Crippen LogP contribution is -2.34. The van der Waals surface area contributed by atoms with E-state index < -0.39 is 0 Å². The van der Waals surface area contributed by atoms with Gasteiger partial charge in [0.2, 0.25) is 0 Å². The van der Waals surface area contributed by atoms with E-state index in [1.165, 1.54) is 24.1 Å². The predicted octanol–water partition coefficient (Wildman–Crippen LogP) is 2.11. The largest absolute Gasteiger partial charge is 0.383 e. The van der Waals surface area contributed by atoms with Crippen molar-refractivity contribution in [2.24, 2.45) is 0 Å². The van der Waals surface area contributed by atoms with E-state index in [0.29, 0.717) is 11.9 Å². The van der Waals surface area contributed by atoms with Crippen LogP contribution in [0.5, 0.6) is 0 Å². The minimum absolute atomic E-state index is 0.493. The number of nitrogens with zero attached hydrogens (tertiary/aromatic N) is 4. The molecule has 2 heterocycles. The zero-order valence-corrected chi connectivity index (χ0v) is 12.7. The van der Waals surface area contributed by atoms with Gasteiger partial charge in [-0.1, -0.05) is 0 Å². The van der Waals surface area contributed by atoms with Gasteiger partial charge in [-0.15, -0.1) is 0 Å². The first-order valence-corrected chi connectivity index (χ1v) is 7.28. The molecule has 5 nitrogen and oxygen atoms in total. The van der Waals surface area contributed by atoms with E-state index in [1.807, 2.05) is 0 Å². The van der Waals surface area contributed by atoms with E-state index in [1.54, 1.807) is 6.33 Å². The van der Waals surface area contributed by atoms with Gasteiger partial charge in [0.05, 0.1) is 5.39 Å². The number of aromatic nitrogens is 3. The second-order valence-corrected chi connectivity index (χ2v) is 6.02. The first kappa shape index (κ1) is 13.4. The van der Waals surface area contributed by atoms with Crippen molar-refractivity contribution >= 4 is 16.9 Å². The van der Waals surface area contributed by atoms with Crippen molar-refractivity contribution in [2.75, 3.05) is 12.8 Å². The molecule has 0 aromatic carbocycles. The number of hydrogen-bond donors (Lipinski definition) is 1. The number of aryl methyl sites for hydroxylation is 1. The molecule has 1 unspecified atom stereocenters. The number of hydrogen-bond acceptors (Lipinski definition) is 4. The molecule has 2 N–H and O–H groups in total. The molecule has 20 heavy (non-hydrogen) atoms. The monoisotopic (exact) mass is 273 g/mol. The molecule has 5 heteroatoms. The Morgan fingerprint density at radius 2 is 2.10 bits per heavy atom. The highest BCUT2D eigenvalue weighted by Gasteiger charge is 2.29. The number of anilines is 1. The van der Waals surface area contributed by atoms with E-state index in [0.717, 1.165) is 23.6 Å². The van der Waals surface area contributed by atoms with Gasteiger partial charge in [0.15, 0.2) is 0 Å². The summed E-state index contributed by atoms with van der Waals surface area (Å²) in [6, 6.07) is 1.26. The van der Waals surface area contributed by atoms with Crippen LogP contribution in [-0.4, -0.2) is 38.6 Å². The van der Waals surface area contributed by atoms with Crippen LogP contribution in [0.25, 0.3) is 11.0 Å². The molecule has 0 amide bonds. The molecule has 0 radical (unpaired) electrons. The van der Waals surface area contributed by atoms with E-state index in [2.05, 4.69) is 47.3 Å². The molecule has 0 bridgehead atoms. The zero-order chi connectivity index (χ0) is 14.4. The number of nitrogen functional groups attached to an aromatic ring is 1.